The molecule has 1 N–H and O–H groups in total. The maximum atomic E-state index is 13.6. The van der Waals surface area contributed by atoms with Crippen LogP contribution in [0, 0.1) is 0 Å². The summed E-state index contributed by atoms with van der Waals surface area (Å²) in [6.07, 6.45) is 2.68. The Hall–Kier alpha value is -3.56. The molecular weight excluding hydrogens is 524 g/mol. The quantitative estimate of drug-likeness (QED) is 0.186. The lowest BCUT2D eigenvalue weighted by atomic mass is 9.94. The van der Waals surface area contributed by atoms with Crippen LogP contribution in [0.25, 0.3) is 5.76 Å². The van der Waals surface area contributed by atoms with E-state index in [1.165, 1.54) is 0 Å². The lowest BCUT2D eigenvalue weighted by Gasteiger charge is -2.31. The van der Waals surface area contributed by atoms with E-state index in [9.17, 15) is 14.7 Å². The molecule has 2 aromatic rings. The van der Waals surface area contributed by atoms with E-state index in [2.05, 4.69) is 11.8 Å². The number of rotatable bonds is 11. The van der Waals surface area contributed by atoms with Crippen LogP contribution in [0.3, 0.4) is 0 Å². The Morgan fingerprint density at radius 3 is 2.59 bits per heavy atom. The summed E-state index contributed by atoms with van der Waals surface area (Å²) in [6.45, 7) is 10.7. The number of ketones is 1. The molecule has 2 atom stereocenters. The molecule has 0 aliphatic carbocycles. The first-order chi connectivity index (χ1) is 19.9. The zero-order valence-electron chi connectivity index (χ0n) is 24.2. The second-order valence-corrected chi connectivity index (χ2v) is 10.7. The highest BCUT2D eigenvalue weighted by molar-refractivity contribution is 6.46. The average molecular weight is 565 g/mol. The van der Waals surface area contributed by atoms with Crippen LogP contribution in [0.15, 0.2) is 42.0 Å². The summed E-state index contributed by atoms with van der Waals surface area (Å²) in [4.78, 5) is 30.9. The lowest BCUT2D eigenvalue weighted by molar-refractivity contribution is -0.140. The normalized spacial score (nSPS) is 22.1. The molecular formula is C32H40N2O7. The molecule has 0 bridgehead atoms. The number of nitrogens with zero attached hydrogens (tertiary/aromatic N) is 2. The zero-order chi connectivity index (χ0) is 28.9. The van der Waals surface area contributed by atoms with Gasteiger partial charge >= 0.3 is 0 Å². The molecule has 9 nitrogen and oxygen atoms in total. The standard InChI is InChI=1S/C32H40N2O7/c1-4-6-15-40-26-10-7-22(20-27(26)39-5-2)29-28(30(35)23-8-9-25-24(19-23)18-21(3)41-25)31(36)32(37)34(29)12-11-33-13-16-38-17-14-33/h7-10,19-21,29,35H,4-6,11-18H2,1-3H3/t21-,29-/m0/s1. The van der Waals surface area contributed by atoms with Crippen molar-refractivity contribution in [2.24, 2.45) is 0 Å². The fraction of sp³-hybridized carbons (Fsp3) is 0.500. The van der Waals surface area contributed by atoms with Crippen LogP contribution in [0.5, 0.6) is 17.2 Å². The fourth-order valence-electron chi connectivity index (χ4n) is 5.66. The van der Waals surface area contributed by atoms with Crippen LogP contribution in [-0.4, -0.2) is 85.3 Å². The molecule has 9 heteroatoms. The van der Waals surface area contributed by atoms with E-state index in [0.717, 1.165) is 37.2 Å². The van der Waals surface area contributed by atoms with Crippen LogP contribution in [0.4, 0.5) is 0 Å². The number of hydrogen-bond acceptors (Lipinski definition) is 8. The molecule has 3 aliphatic heterocycles. The van der Waals surface area contributed by atoms with Gasteiger partial charge in [0.05, 0.1) is 38.0 Å². The van der Waals surface area contributed by atoms with Gasteiger partial charge in [0.25, 0.3) is 11.7 Å². The maximum Gasteiger partial charge on any atom is 0.295 e. The van der Waals surface area contributed by atoms with Crippen molar-refractivity contribution in [3.63, 3.8) is 0 Å². The number of carbonyl (C=O) groups is 2. The molecule has 3 heterocycles. The monoisotopic (exact) mass is 564 g/mol. The lowest BCUT2D eigenvalue weighted by Crippen LogP contribution is -2.42. The van der Waals surface area contributed by atoms with Crippen molar-refractivity contribution in [2.45, 2.75) is 52.2 Å². The van der Waals surface area contributed by atoms with E-state index in [1.807, 2.05) is 44.2 Å². The summed E-state index contributed by atoms with van der Waals surface area (Å²) in [7, 11) is 0. The molecule has 1 amide bonds. The number of likely N-dealkylation sites (tertiary alicyclic amines) is 1. The first-order valence-corrected chi connectivity index (χ1v) is 14.7. The minimum atomic E-state index is -0.775. The highest BCUT2D eigenvalue weighted by Gasteiger charge is 2.46. The summed E-state index contributed by atoms with van der Waals surface area (Å²) in [5, 5.41) is 11.6. The molecule has 2 saturated heterocycles. The van der Waals surface area contributed by atoms with Gasteiger partial charge in [-0.3, -0.25) is 14.5 Å². The number of ether oxygens (including phenoxy) is 4. The fourth-order valence-corrected chi connectivity index (χ4v) is 5.66. The number of amides is 1. The molecule has 5 rings (SSSR count). The van der Waals surface area contributed by atoms with E-state index in [0.29, 0.717) is 68.6 Å². The van der Waals surface area contributed by atoms with E-state index in [1.54, 1.807) is 11.0 Å². The number of benzene rings is 2. The van der Waals surface area contributed by atoms with Gasteiger partial charge in [0.2, 0.25) is 0 Å². The highest BCUT2D eigenvalue weighted by Crippen LogP contribution is 2.43. The Balaban J connectivity index is 1.54. The van der Waals surface area contributed by atoms with Gasteiger partial charge in [0, 0.05) is 38.2 Å². The van der Waals surface area contributed by atoms with Crippen LogP contribution < -0.4 is 14.2 Å². The number of fused-ring (bicyclic) bond motifs is 1. The number of aliphatic hydroxyl groups is 1. The van der Waals surface area contributed by atoms with Gasteiger partial charge in [0.1, 0.15) is 17.6 Å². The van der Waals surface area contributed by atoms with Crippen molar-refractivity contribution >= 4 is 17.4 Å². The summed E-state index contributed by atoms with van der Waals surface area (Å²) < 4.78 is 23.2. The average Bonchev–Trinajstić information content (AvgIpc) is 3.48. The van der Waals surface area contributed by atoms with Gasteiger partial charge < -0.3 is 29.0 Å². The van der Waals surface area contributed by atoms with E-state index in [-0.39, 0.29) is 17.4 Å². The van der Waals surface area contributed by atoms with Crippen LogP contribution in [0.2, 0.25) is 0 Å². The number of hydrogen-bond donors (Lipinski definition) is 1. The van der Waals surface area contributed by atoms with E-state index in [4.69, 9.17) is 18.9 Å². The molecule has 41 heavy (non-hydrogen) atoms. The summed E-state index contributed by atoms with van der Waals surface area (Å²) in [5.74, 6) is 0.429. The van der Waals surface area contributed by atoms with Gasteiger partial charge in [-0.05, 0) is 61.7 Å². The smallest absolute Gasteiger partial charge is 0.295 e. The Bertz CT molecular complexity index is 1300. The summed E-state index contributed by atoms with van der Waals surface area (Å²) >= 11 is 0. The maximum absolute atomic E-state index is 13.6. The Kier molecular flexibility index (Phi) is 9.15. The first-order valence-electron chi connectivity index (χ1n) is 14.7. The molecule has 0 spiro atoms. The van der Waals surface area contributed by atoms with Gasteiger partial charge in [0.15, 0.2) is 11.5 Å². The van der Waals surface area contributed by atoms with Gasteiger partial charge in [-0.2, -0.15) is 0 Å². The number of Topliss-reactive ketones (excluding diaryl/α,β-unsaturated/α-hetero) is 1. The van der Waals surface area contributed by atoms with Crippen molar-refractivity contribution < 1.29 is 33.6 Å². The third-order valence-electron chi connectivity index (χ3n) is 7.81. The molecule has 2 fully saturated rings. The molecule has 220 valence electrons. The van der Waals surface area contributed by atoms with Crippen molar-refractivity contribution in [2.75, 3.05) is 52.6 Å². The van der Waals surface area contributed by atoms with Gasteiger partial charge in [-0.25, -0.2) is 0 Å². The van der Waals surface area contributed by atoms with Gasteiger partial charge in [-0.15, -0.1) is 0 Å². The SMILES string of the molecule is CCCCOc1ccc([C@H]2C(=C(O)c3ccc4c(c3)C[C@H](C)O4)C(=O)C(=O)N2CCN2CCOCC2)cc1OCC. The predicted octanol–water partition coefficient (Wildman–Crippen LogP) is 4.34. The highest BCUT2D eigenvalue weighted by atomic mass is 16.5. The topological polar surface area (TPSA) is 97.8 Å². The zero-order valence-corrected chi connectivity index (χ0v) is 24.2. The first kappa shape index (κ1) is 29.0. The van der Waals surface area contributed by atoms with Crippen LogP contribution in [-0.2, 0) is 20.7 Å². The van der Waals surface area contributed by atoms with E-state index < -0.39 is 17.7 Å². The number of aliphatic hydroxyl groups excluding tert-OH is 1. The molecule has 0 saturated carbocycles. The summed E-state index contributed by atoms with van der Waals surface area (Å²) in [5.41, 5.74) is 2.21. The minimum absolute atomic E-state index is 0.0446. The van der Waals surface area contributed by atoms with Crippen molar-refractivity contribution in [1.29, 1.82) is 0 Å². The number of unbranched alkanes of at least 4 members (excludes halogenated alkanes) is 1. The molecule has 0 radical (unpaired) electrons. The Morgan fingerprint density at radius 1 is 1.02 bits per heavy atom. The predicted molar refractivity (Wildman–Crippen MR) is 155 cm³/mol. The van der Waals surface area contributed by atoms with Crippen molar-refractivity contribution in [1.82, 2.24) is 9.80 Å². The molecule has 0 unspecified atom stereocenters. The number of carbonyl (C=O) groups excluding carboxylic acids is 2. The second kappa shape index (κ2) is 13.0. The van der Waals surface area contributed by atoms with E-state index >= 15 is 0 Å². The molecule has 3 aliphatic rings. The molecule has 0 aromatic heterocycles. The second-order valence-electron chi connectivity index (χ2n) is 10.7. The Morgan fingerprint density at radius 2 is 1.83 bits per heavy atom. The summed E-state index contributed by atoms with van der Waals surface area (Å²) in [6, 6.07) is 10.1. The third kappa shape index (κ3) is 6.21. The van der Waals surface area contributed by atoms with Crippen molar-refractivity contribution in [3.8, 4) is 17.2 Å². The Labute approximate surface area is 241 Å². The number of morpholine rings is 1. The molecule has 2 aromatic carbocycles. The van der Waals surface area contributed by atoms with Crippen LogP contribution in [0.1, 0.15) is 56.3 Å². The minimum Gasteiger partial charge on any atom is -0.507 e. The van der Waals surface area contributed by atoms with Crippen LogP contribution >= 0.6 is 0 Å². The van der Waals surface area contributed by atoms with Crippen molar-refractivity contribution in [3.05, 3.63) is 58.7 Å². The van der Waals surface area contributed by atoms with Gasteiger partial charge in [-0.1, -0.05) is 19.4 Å². The largest absolute Gasteiger partial charge is 0.507 e. The third-order valence-corrected chi connectivity index (χ3v) is 7.81.